The van der Waals surface area contributed by atoms with Crippen molar-refractivity contribution in [2.24, 2.45) is 5.92 Å². The number of nitrogens with zero attached hydrogens (tertiary/aromatic N) is 1. The zero-order valence-corrected chi connectivity index (χ0v) is 12.6. The normalized spacial score (nSPS) is 25.6. The summed E-state index contributed by atoms with van der Waals surface area (Å²) in [5.41, 5.74) is -0.395. The molecule has 1 heterocycles. The Hall–Kier alpha value is -0.610. The Morgan fingerprint density at radius 3 is 2.44 bits per heavy atom. The number of carbonyl (C=O) groups is 1. The van der Waals surface area contributed by atoms with Gasteiger partial charge in [-0.25, -0.2) is 0 Å². The number of ether oxygens (including phenoxy) is 1. The first kappa shape index (κ1) is 15.4. The molecule has 106 valence electrons. The Kier molecular flexibility index (Phi) is 5.17. The van der Waals surface area contributed by atoms with Crippen molar-refractivity contribution >= 4 is 5.97 Å². The van der Waals surface area contributed by atoms with Gasteiger partial charge in [-0.3, -0.25) is 9.69 Å². The number of esters is 1. The Balaban J connectivity index is 2.56. The molecule has 0 unspecified atom stereocenters. The van der Waals surface area contributed by atoms with Crippen LogP contribution in [0.5, 0.6) is 0 Å². The van der Waals surface area contributed by atoms with Crippen molar-refractivity contribution in [3.63, 3.8) is 0 Å². The van der Waals surface area contributed by atoms with Crippen LogP contribution in [0, 0.1) is 5.92 Å². The van der Waals surface area contributed by atoms with Crippen molar-refractivity contribution in [3.8, 4) is 0 Å². The summed E-state index contributed by atoms with van der Waals surface area (Å²) < 4.78 is 5.47. The van der Waals surface area contributed by atoms with Crippen LogP contribution in [0.1, 0.15) is 41.0 Å². The molecule has 0 spiro atoms. The maximum atomic E-state index is 12.1. The van der Waals surface area contributed by atoms with Crippen LogP contribution in [0.2, 0.25) is 0 Å². The molecular weight excluding hydrogens is 228 g/mol. The summed E-state index contributed by atoms with van der Waals surface area (Å²) in [4.78, 5) is 14.4. The Bertz CT molecular complexity index is 284. The second kappa shape index (κ2) is 6.02. The Labute approximate surface area is 111 Å². The van der Waals surface area contributed by atoms with Gasteiger partial charge < -0.3 is 10.1 Å². The molecule has 0 bridgehead atoms. The van der Waals surface area contributed by atoms with Crippen molar-refractivity contribution in [1.29, 1.82) is 0 Å². The summed E-state index contributed by atoms with van der Waals surface area (Å²) in [6.07, 6.45) is 0.886. The second-order valence-electron chi connectivity index (χ2n) is 6.54. The number of rotatable bonds is 3. The van der Waals surface area contributed by atoms with Crippen LogP contribution in [-0.2, 0) is 9.53 Å². The van der Waals surface area contributed by atoms with Crippen molar-refractivity contribution in [1.82, 2.24) is 10.2 Å². The molecule has 4 nitrogen and oxygen atoms in total. The van der Waals surface area contributed by atoms with Gasteiger partial charge in [-0.15, -0.1) is 0 Å². The van der Waals surface area contributed by atoms with E-state index in [1.807, 2.05) is 20.8 Å². The molecule has 0 aromatic rings. The summed E-state index contributed by atoms with van der Waals surface area (Å²) in [6.45, 7) is 11.8. The minimum absolute atomic E-state index is 0.0239. The third-order valence-electron chi connectivity index (χ3n) is 3.46. The van der Waals surface area contributed by atoms with E-state index in [1.165, 1.54) is 0 Å². The van der Waals surface area contributed by atoms with Crippen LogP contribution in [-0.4, -0.2) is 48.7 Å². The van der Waals surface area contributed by atoms with Crippen molar-refractivity contribution in [2.45, 2.75) is 58.7 Å². The van der Waals surface area contributed by atoms with E-state index in [1.54, 1.807) is 0 Å². The zero-order valence-electron chi connectivity index (χ0n) is 12.6. The SMILES string of the molecule is CC(C)N(C)[C@H]1CNC[C@H](C(=O)OC(C)(C)C)C1. The summed E-state index contributed by atoms with van der Waals surface area (Å²) in [7, 11) is 2.12. The first-order chi connectivity index (χ1) is 8.20. The maximum Gasteiger partial charge on any atom is 0.310 e. The number of piperidine rings is 1. The predicted octanol–water partition coefficient (Wildman–Crippen LogP) is 1.65. The highest BCUT2D eigenvalue weighted by Crippen LogP contribution is 2.20. The van der Waals surface area contributed by atoms with Gasteiger partial charge in [0.1, 0.15) is 5.60 Å². The van der Waals surface area contributed by atoms with E-state index in [2.05, 4.69) is 31.1 Å². The van der Waals surface area contributed by atoms with Crippen molar-refractivity contribution in [3.05, 3.63) is 0 Å². The highest BCUT2D eigenvalue weighted by Gasteiger charge is 2.32. The van der Waals surface area contributed by atoms with E-state index in [0.29, 0.717) is 12.1 Å². The van der Waals surface area contributed by atoms with Crippen LogP contribution < -0.4 is 5.32 Å². The lowest BCUT2D eigenvalue weighted by Crippen LogP contribution is -2.51. The molecule has 0 aromatic heterocycles. The summed E-state index contributed by atoms with van der Waals surface area (Å²) >= 11 is 0. The minimum Gasteiger partial charge on any atom is -0.460 e. The number of nitrogens with one attached hydrogen (secondary N) is 1. The molecule has 0 aromatic carbocycles. The zero-order chi connectivity index (χ0) is 13.9. The molecule has 0 saturated carbocycles. The van der Waals surface area contributed by atoms with Gasteiger partial charge in [0.25, 0.3) is 0 Å². The van der Waals surface area contributed by atoms with E-state index < -0.39 is 5.60 Å². The lowest BCUT2D eigenvalue weighted by atomic mass is 9.94. The highest BCUT2D eigenvalue weighted by atomic mass is 16.6. The molecular formula is C14H28N2O2. The van der Waals surface area contributed by atoms with E-state index >= 15 is 0 Å². The summed E-state index contributed by atoms with van der Waals surface area (Å²) in [6, 6.07) is 0.908. The maximum absolute atomic E-state index is 12.1. The Morgan fingerprint density at radius 1 is 1.33 bits per heavy atom. The van der Waals surface area contributed by atoms with Gasteiger partial charge in [-0.1, -0.05) is 0 Å². The second-order valence-corrected chi connectivity index (χ2v) is 6.54. The topological polar surface area (TPSA) is 41.6 Å². The van der Waals surface area contributed by atoms with Gasteiger partial charge in [0.2, 0.25) is 0 Å². The molecule has 0 aliphatic carbocycles. The largest absolute Gasteiger partial charge is 0.460 e. The first-order valence-corrected chi connectivity index (χ1v) is 6.86. The third-order valence-corrected chi connectivity index (χ3v) is 3.46. The van der Waals surface area contributed by atoms with E-state index in [-0.39, 0.29) is 11.9 Å². The number of hydrogen-bond donors (Lipinski definition) is 1. The smallest absolute Gasteiger partial charge is 0.310 e. The molecule has 1 rings (SSSR count). The number of carbonyl (C=O) groups excluding carboxylic acids is 1. The first-order valence-electron chi connectivity index (χ1n) is 6.86. The van der Waals surface area contributed by atoms with Crippen molar-refractivity contribution < 1.29 is 9.53 Å². The molecule has 1 fully saturated rings. The van der Waals surface area contributed by atoms with Crippen LogP contribution in [0.15, 0.2) is 0 Å². The monoisotopic (exact) mass is 256 g/mol. The predicted molar refractivity (Wildman–Crippen MR) is 73.5 cm³/mol. The van der Waals surface area contributed by atoms with Crippen LogP contribution in [0.25, 0.3) is 0 Å². The Morgan fingerprint density at radius 2 is 1.94 bits per heavy atom. The van der Waals surface area contributed by atoms with Gasteiger partial charge in [-0.2, -0.15) is 0 Å². The van der Waals surface area contributed by atoms with Crippen LogP contribution in [0.3, 0.4) is 0 Å². The van der Waals surface area contributed by atoms with Gasteiger partial charge in [0.05, 0.1) is 5.92 Å². The fourth-order valence-electron chi connectivity index (χ4n) is 2.22. The average molecular weight is 256 g/mol. The molecule has 1 aliphatic heterocycles. The van der Waals surface area contributed by atoms with Crippen LogP contribution in [0.4, 0.5) is 0 Å². The van der Waals surface area contributed by atoms with Crippen molar-refractivity contribution in [2.75, 3.05) is 20.1 Å². The molecule has 4 heteroatoms. The molecule has 0 amide bonds. The molecule has 2 atom stereocenters. The fourth-order valence-corrected chi connectivity index (χ4v) is 2.22. The highest BCUT2D eigenvalue weighted by molar-refractivity contribution is 5.73. The molecule has 18 heavy (non-hydrogen) atoms. The number of hydrogen-bond acceptors (Lipinski definition) is 4. The third kappa shape index (κ3) is 4.58. The van der Waals surface area contributed by atoms with Gasteiger partial charge in [0.15, 0.2) is 0 Å². The molecule has 0 radical (unpaired) electrons. The molecule has 1 saturated heterocycles. The minimum atomic E-state index is -0.395. The van der Waals surface area contributed by atoms with Gasteiger partial charge >= 0.3 is 5.97 Å². The lowest BCUT2D eigenvalue weighted by Gasteiger charge is -2.37. The van der Waals surface area contributed by atoms with E-state index in [4.69, 9.17) is 4.74 Å². The molecule has 1 N–H and O–H groups in total. The van der Waals surface area contributed by atoms with Gasteiger partial charge in [0, 0.05) is 25.2 Å². The lowest BCUT2D eigenvalue weighted by molar-refractivity contribution is -0.161. The fraction of sp³-hybridized carbons (Fsp3) is 0.929. The average Bonchev–Trinajstić information content (AvgIpc) is 2.25. The van der Waals surface area contributed by atoms with E-state index in [0.717, 1.165) is 19.5 Å². The van der Waals surface area contributed by atoms with E-state index in [9.17, 15) is 4.79 Å². The summed E-state index contributed by atoms with van der Waals surface area (Å²) in [5.74, 6) is -0.0963. The quantitative estimate of drug-likeness (QED) is 0.780. The molecule has 1 aliphatic rings. The summed E-state index contributed by atoms with van der Waals surface area (Å²) in [5, 5.41) is 3.34. The van der Waals surface area contributed by atoms with Crippen LogP contribution >= 0.6 is 0 Å². The van der Waals surface area contributed by atoms with Gasteiger partial charge in [-0.05, 0) is 48.1 Å². The number of likely N-dealkylation sites (N-methyl/N-ethyl adjacent to an activating group) is 1. The standard InChI is InChI=1S/C14H28N2O2/c1-10(2)16(6)12-7-11(8-15-9-12)13(17)18-14(3,4)5/h10-12,15H,7-9H2,1-6H3/t11-,12-/m1/s1.